The predicted molar refractivity (Wildman–Crippen MR) is 119 cm³/mol. The van der Waals surface area contributed by atoms with Gasteiger partial charge in [0, 0.05) is 39.1 Å². The van der Waals surface area contributed by atoms with Crippen molar-refractivity contribution in [2.75, 3.05) is 40.9 Å². The van der Waals surface area contributed by atoms with Crippen LogP contribution in [-0.4, -0.2) is 76.8 Å². The number of benzene rings is 1. The molecule has 0 aromatic heterocycles. The van der Waals surface area contributed by atoms with Crippen molar-refractivity contribution in [1.82, 2.24) is 13.9 Å². The van der Waals surface area contributed by atoms with E-state index < -0.39 is 16.3 Å². The molecule has 2 aliphatic rings. The van der Waals surface area contributed by atoms with E-state index in [1.165, 1.54) is 27.3 Å². The van der Waals surface area contributed by atoms with Gasteiger partial charge in [-0.3, -0.25) is 0 Å². The maximum Gasteiger partial charge on any atom is 0.409 e. The molecular weight excluding hydrogens is 437 g/mol. The molecule has 180 valence electrons. The topological polar surface area (TPSA) is 88.2 Å². The van der Waals surface area contributed by atoms with E-state index in [-0.39, 0.29) is 23.9 Å². The Balaban J connectivity index is 1.57. The molecule has 3 rings (SSSR count). The lowest BCUT2D eigenvalue weighted by Crippen LogP contribution is -2.55. The zero-order valence-electron chi connectivity index (χ0n) is 19.0. The molecule has 8 nitrogen and oxygen atoms in total. The fraction of sp³-hybridized carbons (Fsp3) is 0.682. The number of hydrogen-bond donors (Lipinski definition) is 1. The summed E-state index contributed by atoms with van der Waals surface area (Å²) in [5.41, 5.74) is 1.03. The molecular formula is C22H34FN3O5S. The van der Waals surface area contributed by atoms with Gasteiger partial charge in [0.1, 0.15) is 5.82 Å². The number of methoxy groups -OCH3 is 1. The summed E-state index contributed by atoms with van der Waals surface area (Å²) in [6, 6.07) is 6.46. The summed E-state index contributed by atoms with van der Waals surface area (Å²) >= 11 is 0. The summed E-state index contributed by atoms with van der Waals surface area (Å²) in [7, 11) is 0.704. The van der Waals surface area contributed by atoms with Crippen molar-refractivity contribution in [3.05, 3.63) is 35.6 Å². The maximum atomic E-state index is 13.5. The number of piperidine rings is 1. The Labute approximate surface area is 190 Å². The molecule has 1 saturated carbocycles. The van der Waals surface area contributed by atoms with Crippen LogP contribution in [0.1, 0.15) is 43.6 Å². The van der Waals surface area contributed by atoms with E-state index in [4.69, 9.17) is 9.47 Å². The van der Waals surface area contributed by atoms with Crippen LogP contribution < -0.4 is 4.72 Å². The minimum atomic E-state index is -3.60. The lowest BCUT2D eigenvalue weighted by atomic mass is 9.82. The molecule has 2 atom stereocenters. The van der Waals surface area contributed by atoms with Crippen LogP contribution in [0.5, 0.6) is 0 Å². The molecule has 1 N–H and O–H groups in total. The zero-order chi connectivity index (χ0) is 23.3. The van der Waals surface area contributed by atoms with Crippen molar-refractivity contribution in [3.8, 4) is 0 Å². The molecule has 32 heavy (non-hydrogen) atoms. The number of likely N-dealkylation sites (tertiary alicyclic amines) is 1. The molecule has 10 heteroatoms. The quantitative estimate of drug-likeness (QED) is 0.661. The normalized spacial score (nSPS) is 26.8. The van der Waals surface area contributed by atoms with Crippen LogP contribution >= 0.6 is 0 Å². The van der Waals surface area contributed by atoms with Crippen molar-refractivity contribution in [3.63, 3.8) is 0 Å². The Morgan fingerprint density at radius 2 is 1.94 bits per heavy atom. The van der Waals surface area contributed by atoms with E-state index in [1.54, 1.807) is 17.0 Å². The zero-order valence-corrected chi connectivity index (χ0v) is 19.8. The summed E-state index contributed by atoms with van der Waals surface area (Å²) in [5, 5.41) is 0. The van der Waals surface area contributed by atoms with E-state index in [2.05, 4.69) is 4.72 Å². The number of halogens is 1. The standard InChI is InChI=1S/C22H34FN3O5S/c1-25(2)32(28,29)24-21-11-12-26(22(27)30-3)14-18(21)15-31-20-9-7-16(8-10-20)17-5-4-6-19(23)13-17/h4-6,13,16,18,20-21,24H,7-12,14-15H2,1-3H3/t16?,18?,20?,21-/m0/s1. The number of hydrogen-bond acceptors (Lipinski definition) is 5. The third-order valence-electron chi connectivity index (χ3n) is 6.49. The molecule has 1 aliphatic heterocycles. The van der Waals surface area contributed by atoms with Gasteiger partial charge >= 0.3 is 6.09 Å². The number of amides is 1. The van der Waals surface area contributed by atoms with E-state index in [1.807, 2.05) is 6.07 Å². The average Bonchev–Trinajstić information content (AvgIpc) is 2.78. The smallest absolute Gasteiger partial charge is 0.409 e. The third kappa shape index (κ3) is 6.40. The molecule has 1 aromatic rings. The lowest BCUT2D eigenvalue weighted by Gasteiger charge is -2.39. The maximum absolute atomic E-state index is 13.5. The van der Waals surface area contributed by atoms with Gasteiger partial charge in [0.2, 0.25) is 0 Å². The highest BCUT2D eigenvalue weighted by molar-refractivity contribution is 7.87. The highest BCUT2D eigenvalue weighted by Gasteiger charge is 2.36. The van der Waals surface area contributed by atoms with Gasteiger partial charge in [0.15, 0.2) is 0 Å². The highest BCUT2D eigenvalue weighted by atomic mass is 32.2. The number of carbonyl (C=O) groups excluding carboxylic acids is 1. The first kappa shape index (κ1) is 24.9. The van der Waals surface area contributed by atoms with Crippen LogP contribution in [0.4, 0.5) is 9.18 Å². The van der Waals surface area contributed by atoms with E-state index >= 15 is 0 Å². The van der Waals surface area contributed by atoms with Gasteiger partial charge in [-0.05, 0) is 55.7 Å². The lowest BCUT2D eigenvalue weighted by molar-refractivity contribution is -0.0159. The summed E-state index contributed by atoms with van der Waals surface area (Å²) in [5.74, 6) is -0.0623. The van der Waals surface area contributed by atoms with Crippen molar-refractivity contribution in [2.45, 2.75) is 50.2 Å². The van der Waals surface area contributed by atoms with Gasteiger partial charge in [-0.2, -0.15) is 17.4 Å². The molecule has 2 fully saturated rings. The molecule has 1 aromatic carbocycles. The second kappa shape index (κ2) is 10.9. The fourth-order valence-electron chi connectivity index (χ4n) is 4.53. The van der Waals surface area contributed by atoms with Gasteiger partial charge < -0.3 is 14.4 Å². The van der Waals surface area contributed by atoms with Gasteiger partial charge in [-0.25, -0.2) is 9.18 Å². The van der Waals surface area contributed by atoms with Gasteiger partial charge in [0.05, 0.1) is 19.8 Å². The summed E-state index contributed by atoms with van der Waals surface area (Å²) in [6.07, 6.45) is 3.71. The molecule has 0 spiro atoms. The fourth-order valence-corrected chi connectivity index (χ4v) is 5.43. The third-order valence-corrected chi connectivity index (χ3v) is 8.05. The van der Waals surface area contributed by atoms with Crippen molar-refractivity contribution in [1.29, 1.82) is 0 Å². The van der Waals surface area contributed by atoms with Crippen molar-refractivity contribution >= 4 is 16.3 Å². The average molecular weight is 472 g/mol. The highest BCUT2D eigenvalue weighted by Crippen LogP contribution is 2.34. The number of carbonyl (C=O) groups is 1. The SMILES string of the molecule is COC(=O)N1CC[C@H](NS(=O)(=O)N(C)C)C(COC2CCC(c3cccc(F)c3)CC2)C1. The largest absolute Gasteiger partial charge is 0.453 e. The number of nitrogens with zero attached hydrogens (tertiary/aromatic N) is 2. The van der Waals surface area contributed by atoms with Gasteiger partial charge in [0.25, 0.3) is 10.2 Å². The molecule has 0 radical (unpaired) electrons. The minimum absolute atomic E-state index is 0.0689. The first-order valence-corrected chi connectivity index (χ1v) is 12.5. The minimum Gasteiger partial charge on any atom is -0.453 e. The van der Waals surface area contributed by atoms with Crippen molar-refractivity contribution < 1.29 is 27.1 Å². The second-order valence-corrected chi connectivity index (χ2v) is 10.8. The van der Waals surface area contributed by atoms with Crippen LogP contribution in [0.2, 0.25) is 0 Å². The summed E-state index contributed by atoms with van der Waals surface area (Å²) in [4.78, 5) is 13.6. The summed E-state index contributed by atoms with van der Waals surface area (Å²) in [6.45, 7) is 1.14. The van der Waals surface area contributed by atoms with Crippen LogP contribution in [0.3, 0.4) is 0 Å². The van der Waals surface area contributed by atoms with Gasteiger partial charge in [-0.1, -0.05) is 12.1 Å². The Morgan fingerprint density at radius 1 is 1.22 bits per heavy atom. The predicted octanol–water partition coefficient (Wildman–Crippen LogP) is 2.72. The Morgan fingerprint density at radius 3 is 2.56 bits per heavy atom. The Hall–Kier alpha value is -1.75. The number of ether oxygens (including phenoxy) is 2. The molecule has 1 amide bonds. The van der Waals surface area contributed by atoms with E-state index in [0.29, 0.717) is 32.0 Å². The molecule has 1 heterocycles. The first-order chi connectivity index (χ1) is 15.2. The van der Waals surface area contributed by atoms with Crippen LogP contribution in [0.15, 0.2) is 24.3 Å². The van der Waals surface area contributed by atoms with Crippen molar-refractivity contribution in [2.24, 2.45) is 5.92 Å². The van der Waals surface area contributed by atoms with Crippen LogP contribution in [0.25, 0.3) is 0 Å². The van der Waals surface area contributed by atoms with Gasteiger partial charge in [-0.15, -0.1) is 0 Å². The molecule has 1 unspecified atom stereocenters. The Bertz CT molecular complexity index is 874. The molecule has 1 aliphatic carbocycles. The first-order valence-electron chi connectivity index (χ1n) is 11.1. The van der Waals surface area contributed by atoms with Crippen LogP contribution in [-0.2, 0) is 19.7 Å². The van der Waals surface area contributed by atoms with E-state index in [9.17, 15) is 17.6 Å². The summed E-state index contributed by atoms with van der Waals surface area (Å²) < 4.78 is 53.2. The van der Waals surface area contributed by atoms with E-state index in [0.717, 1.165) is 35.6 Å². The number of nitrogens with one attached hydrogen (secondary N) is 1. The second-order valence-electron chi connectivity index (χ2n) is 8.84. The molecule has 0 bridgehead atoms. The Kier molecular flexibility index (Phi) is 8.49. The number of rotatable bonds is 7. The monoisotopic (exact) mass is 471 g/mol. The van der Waals surface area contributed by atoms with Crippen LogP contribution in [0, 0.1) is 11.7 Å². The molecule has 1 saturated heterocycles.